The maximum atomic E-state index is 12.5. The number of esters is 2. The molecule has 1 saturated heterocycles. The average molecular weight is 335 g/mol. The Morgan fingerprint density at radius 3 is 2.46 bits per heavy atom. The second-order valence-electron chi connectivity index (χ2n) is 6.78. The highest BCUT2D eigenvalue weighted by atomic mass is 16.7. The van der Waals surface area contributed by atoms with E-state index in [4.69, 9.17) is 14.2 Å². The van der Waals surface area contributed by atoms with Crippen LogP contribution in [0.15, 0.2) is 30.3 Å². The summed E-state index contributed by atoms with van der Waals surface area (Å²) in [5, 5.41) is 0. The maximum Gasteiger partial charge on any atom is 0.324 e. The van der Waals surface area contributed by atoms with Crippen molar-refractivity contribution in [2.24, 2.45) is 0 Å². The zero-order valence-corrected chi connectivity index (χ0v) is 14.7. The van der Waals surface area contributed by atoms with Gasteiger partial charge in [0.05, 0.1) is 0 Å². The van der Waals surface area contributed by atoms with E-state index in [9.17, 15) is 9.59 Å². The molecule has 0 aliphatic carbocycles. The molecule has 1 fully saturated rings. The molecular weight excluding hydrogens is 310 g/mol. The van der Waals surface area contributed by atoms with E-state index in [-0.39, 0.29) is 5.97 Å². The van der Waals surface area contributed by atoms with E-state index in [0.29, 0.717) is 18.7 Å². The molecule has 6 heteroatoms. The van der Waals surface area contributed by atoms with E-state index >= 15 is 0 Å². The van der Waals surface area contributed by atoms with Gasteiger partial charge in [-0.3, -0.25) is 9.59 Å². The second kappa shape index (κ2) is 7.66. The quantitative estimate of drug-likeness (QED) is 0.609. The monoisotopic (exact) mass is 335 g/mol. The molecule has 6 nitrogen and oxygen atoms in total. The summed E-state index contributed by atoms with van der Waals surface area (Å²) in [6, 6.07) is 8.58. The Bertz CT molecular complexity index is 567. The third-order valence-electron chi connectivity index (χ3n) is 3.49. The summed E-state index contributed by atoms with van der Waals surface area (Å²) < 4.78 is 16.6. The van der Waals surface area contributed by atoms with Gasteiger partial charge in [0.2, 0.25) is 0 Å². The van der Waals surface area contributed by atoms with Crippen LogP contribution in [0.2, 0.25) is 0 Å². The van der Waals surface area contributed by atoms with Gasteiger partial charge >= 0.3 is 18.4 Å². The summed E-state index contributed by atoms with van der Waals surface area (Å²) in [5.74, 6) is -0.224. The fourth-order valence-electron chi connectivity index (χ4n) is 2.58. The van der Waals surface area contributed by atoms with Crippen LogP contribution in [0.25, 0.3) is 0 Å². The predicted octanol–water partition coefficient (Wildman–Crippen LogP) is 2.72. The lowest BCUT2D eigenvalue weighted by Crippen LogP contribution is -2.49. The average Bonchev–Trinajstić information content (AvgIpc) is 2.95. The SMILES string of the molecule is CC(=O)OC(Oc1ccccc1)N1CCCC1C(=O)OC(C)(C)C. The Hall–Kier alpha value is -2.08. The number of carbonyl (C=O) groups is 2. The minimum absolute atomic E-state index is 0.325. The van der Waals surface area contributed by atoms with Gasteiger partial charge in [-0.15, -0.1) is 0 Å². The number of hydrogen-bond donors (Lipinski definition) is 0. The zero-order valence-electron chi connectivity index (χ0n) is 14.7. The summed E-state index contributed by atoms with van der Waals surface area (Å²) in [6.07, 6.45) is 0.495. The fourth-order valence-corrected chi connectivity index (χ4v) is 2.58. The van der Waals surface area contributed by atoms with E-state index in [1.54, 1.807) is 17.0 Å². The molecule has 1 aromatic carbocycles. The fraction of sp³-hybridized carbons (Fsp3) is 0.556. The van der Waals surface area contributed by atoms with Gasteiger partial charge in [0.1, 0.15) is 17.4 Å². The highest BCUT2D eigenvalue weighted by Crippen LogP contribution is 2.25. The Kier molecular flexibility index (Phi) is 5.83. The molecule has 0 amide bonds. The summed E-state index contributed by atoms with van der Waals surface area (Å²) in [6.45, 7) is 7.39. The summed E-state index contributed by atoms with van der Waals surface area (Å²) >= 11 is 0. The largest absolute Gasteiger partial charge is 0.459 e. The van der Waals surface area contributed by atoms with Crippen LogP contribution in [0.5, 0.6) is 5.75 Å². The van der Waals surface area contributed by atoms with Crippen LogP contribution in [-0.4, -0.2) is 41.4 Å². The van der Waals surface area contributed by atoms with Crippen molar-refractivity contribution in [3.05, 3.63) is 30.3 Å². The van der Waals surface area contributed by atoms with Gasteiger partial charge in [-0.05, 0) is 45.7 Å². The third kappa shape index (κ3) is 5.23. The van der Waals surface area contributed by atoms with Gasteiger partial charge in [0.25, 0.3) is 0 Å². The molecule has 1 heterocycles. The molecule has 2 unspecified atom stereocenters. The minimum Gasteiger partial charge on any atom is -0.459 e. The Labute approximate surface area is 142 Å². The van der Waals surface area contributed by atoms with Crippen molar-refractivity contribution in [3.8, 4) is 5.75 Å². The van der Waals surface area contributed by atoms with Crippen LogP contribution in [0, 0.1) is 0 Å². The lowest BCUT2D eigenvalue weighted by Gasteiger charge is -2.32. The van der Waals surface area contributed by atoms with Crippen molar-refractivity contribution < 1.29 is 23.8 Å². The van der Waals surface area contributed by atoms with Crippen molar-refractivity contribution in [2.75, 3.05) is 6.54 Å². The molecule has 0 radical (unpaired) electrons. The highest BCUT2D eigenvalue weighted by molar-refractivity contribution is 5.76. The maximum absolute atomic E-state index is 12.5. The summed E-state index contributed by atoms with van der Waals surface area (Å²) in [7, 11) is 0. The van der Waals surface area contributed by atoms with Crippen molar-refractivity contribution >= 4 is 11.9 Å². The minimum atomic E-state index is -0.954. The molecule has 0 saturated carbocycles. The smallest absolute Gasteiger partial charge is 0.324 e. The molecule has 24 heavy (non-hydrogen) atoms. The van der Waals surface area contributed by atoms with Crippen molar-refractivity contribution in [2.45, 2.75) is 58.6 Å². The van der Waals surface area contributed by atoms with E-state index in [0.717, 1.165) is 6.42 Å². The molecule has 1 aliphatic rings. The number of carbonyl (C=O) groups excluding carboxylic acids is 2. The van der Waals surface area contributed by atoms with Gasteiger partial charge in [-0.1, -0.05) is 18.2 Å². The summed E-state index contributed by atoms with van der Waals surface area (Å²) in [5.41, 5.74) is -0.567. The summed E-state index contributed by atoms with van der Waals surface area (Å²) in [4.78, 5) is 25.7. The molecule has 1 aliphatic heterocycles. The second-order valence-corrected chi connectivity index (χ2v) is 6.78. The van der Waals surface area contributed by atoms with E-state index in [1.807, 2.05) is 39.0 Å². The van der Waals surface area contributed by atoms with Gasteiger partial charge in [0, 0.05) is 13.5 Å². The molecule has 0 bridgehead atoms. The first-order valence-corrected chi connectivity index (χ1v) is 8.14. The molecule has 132 valence electrons. The number of para-hydroxylation sites is 1. The standard InChI is InChI=1S/C18H25NO5/c1-13(20)22-17(23-14-9-6-5-7-10-14)19-12-8-11-15(19)16(21)24-18(2,3)4/h5-7,9-10,15,17H,8,11-12H2,1-4H3. The highest BCUT2D eigenvalue weighted by Gasteiger charge is 2.40. The number of hydrogen-bond acceptors (Lipinski definition) is 6. The predicted molar refractivity (Wildman–Crippen MR) is 88.2 cm³/mol. The first-order chi connectivity index (χ1) is 11.3. The molecule has 2 rings (SSSR count). The Morgan fingerprint density at radius 1 is 1.21 bits per heavy atom. The topological polar surface area (TPSA) is 65.1 Å². The van der Waals surface area contributed by atoms with Crippen molar-refractivity contribution in [1.82, 2.24) is 4.90 Å². The number of rotatable bonds is 5. The number of likely N-dealkylation sites (tertiary alicyclic amines) is 1. The number of nitrogens with zero attached hydrogens (tertiary/aromatic N) is 1. The van der Waals surface area contributed by atoms with Crippen LogP contribution in [0.4, 0.5) is 0 Å². The van der Waals surface area contributed by atoms with Crippen LogP contribution < -0.4 is 4.74 Å². The Balaban J connectivity index is 2.14. The molecular formula is C18H25NO5. The van der Waals surface area contributed by atoms with Crippen LogP contribution >= 0.6 is 0 Å². The van der Waals surface area contributed by atoms with Crippen LogP contribution in [0.1, 0.15) is 40.5 Å². The normalized spacial score (nSPS) is 19.6. The molecule has 0 N–H and O–H groups in total. The molecule has 0 spiro atoms. The van der Waals surface area contributed by atoms with Gasteiger partial charge < -0.3 is 14.2 Å². The van der Waals surface area contributed by atoms with Gasteiger partial charge in [0.15, 0.2) is 0 Å². The van der Waals surface area contributed by atoms with E-state index in [2.05, 4.69) is 0 Å². The first kappa shape index (κ1) is 18.3. The Morgan fingerprint density at radius 2 is 1.88 bits per heavy atom. The third-order valence-corrected chi connectivity index (χ3v) is 3.49. The van der Waals surface area contributed by atoms with E-state index < -0.39 is 24.0 Å². The first-order valence-electron chi connectivity index (χ1n) is 8.14. The van der Waals surface area contributed by atoms with Crippen molar-refractivity contribution in [3.63, 3.8) is 0 Å². The zero-order chi connectivity index (χ0) is 17.7. The molecule has 2 atom stereocenters. The molecule has 0 aromatic heterocycles. The molecule has 1 aromatic rings. The van der Waals surface area contributed by atoms with Crippen LogP contribution in [0.3, 0.4) is 0 Å². The lowest BCUT2D eigenvalue weighted by atomic mass is 10.1. The van der Waals surface area contributed by atoms with Gasteiger partial charge in [-0.25, -0.2) is 4.90 Å². The van der Waals surface area contributed by atoms with Crippen LogP contribution in [-0.2, 0) is 19.1 Å². The number of benzene rings is 1. The lowest BCUT2D eigenvalue weighted by molar-refractivity contribution is -0.201. The van der Waals surface area contributed by atoms with E-state index in [1.165, 1.54) is 6.92 Å². The number of ether oxygens (including phenoxy) is 3. The van der Waals surface area contributed by atoms with Crippen molar-refractivity contribution in [1.29, 1.82) is 0 Å². The van der Waals surface area contributed by atoms with Gasteiger partial charge in [-0.2, -0.15) is 0 Å².